The molecule has 3 aromatic rings. The van der Waals surface area contributed by atoms with Crippen LogP contribution in [0, 0.1) is 5.92 Å². The number of carbonyl (C=O) groups is 2. The zero-order chi connectivity index (χ0) is 30.3. The lowest BCUT2D eigenvalue weighted by Crippen LogP contribution is -2.55. The van der Waals surface area contributed by atoms with Gasteiger partial charge in [-0.05, 0) is 55.2 Å². The van der Waals surface area contributed by atoms with Gasteiger partial charge in [0.05, 0.1) is 23.2 Å². The zero-order valence-electron chi connectivity index (χ0n) is 23.3. The van der Waals surface area contributed by atoms with Gasteiger partial charge in [-0.15, -0.1) is 0 Å². The van der Waals surface area contributed by atoms with Crippen molar-refractivity contribution in [1.82, 2.24) is 15.6 Å². The van der Waals surface area contributed by atoms with E-state index < -0.39 is 35.8 Å². The number of aromatic nitrogens is 1. The molecule has 2 aromatic carbocycles. The van der Waals surface area contributed by atoms with Crippen LogP contribution in [0.25, 0.3) is 0 Å². The minimum Gasteiger partial charge on any atom is -0.466 e. The number of pyridine rings is 1. The number of ether oxygens (including phenoxy) is 2. The quantitative estimate of drug-likeness (QED) is 0.242. The van der Waals surface area contributed by atoms with Gasteiger partial charge in [0.1, 0.15) is 11.3 Å². The summed E-state index contributed by atoms with van der Waals surface area (Å²) >= 11 is 6.15. The van der Waals surface area contributed by atoms with E-state index in [1.165, 1.54) is 24.4 Å². The molecule has 7 nitrogen and oxygen atoms in total. The summed E-state index contributed by atoms with van der Waals surface area (Å²) in [5.41, 5.74) is 0.194. The van der Waals surface area contributed by atoms with Gasteiger partial charge in [-0.2, -0.15) is 4.39 Å². The number of urea groups is 1. The van der Waals surface area contributed by atoms with Gasteiger partial charge < -0.3 is 20.1 Å². The number of benzene rings is 2. The summed E-state index contributed by atoms with van der Waals surface area (Å²) in [7, 11) is 0. The fourth-order valence-electron chi connectivity index (χ4n) is 5.21. The predicted octanol–water partition coefficient (Wildman–Crippen LogP) is 6.58. The van der Waals surface area contributed by atoms with Crippen LogP contribution in [0.2, 0.25) is 5.02 Å². The molecule has 2 amide bonds. The average molecular weight is 604 g/mol. The number of esters is 1. The molecule has 0 radical (unpaired) electrons. The van der Waals surface area contributed by atoms with E-state index in [4.69, 9.17) is 21.1 Å². The summed E-state index contributed by atoms with van der Waals surface area (Å²) in [6.07, 6.45) is 0.133. The number of amides is 2. The van der Waals surface area contributed by atoms with Gasteiger partial charge in [0, 0.05) is 25.6 Å². The third kappa shape index (κ3) is 7.34. The van der Waals surface area contributed by atoms with Crippen molar-refractivity contribution < 1.29 is 32.2 Å². The van der Waals surface area contributed by atoms with Crippen LogP contribution in [0.15, 0.2) is 72.9 Å². The molecule has 4 rings (SSSR count). The summed E-state index contributed by atoms with van der Waals surface area (Å²) in [4.78, 5) is 30.8. The third-order valence-electron chi connectivity index (χ3n) is 7.26. The Morgan fingerprint density at radius 2 is 1.86 bits per heavy atom. The lowest BCUT2D eigenvalue weighted by molar-refractivity contribution is -0.152. The van der Waals surface area contributed by atoms with Crippen molar-refractivity contribution in [1.29, 1.82) is 0 Å². The first-order valence-electron chi connectivity index (χ1n) is 13.7. The van der Waals surface area contributed by atoms with Crippen molar-refractivity contribution in [2.45, 2.75) is 63.4 Å². The minimum absolute atomic E-state index is 0.162. The van der Waals surface area contributed by atoms with Crippen molar-refractivity contribution in [3.8, 4) is 5.75 Å². The zero-order valence-corrected chi connectivity index (χ0v) is 24.0. The molecule has 11 heteroatoms. The Morgan fingerprint density at radius 1 is 1.10 bits per heavy atom. The van der Waals surface area contributed by atoms with Gasteiger partial charge in [0.15, 0.2) is 0 Å². The minimum atomic E-state index is -3.39. The molecular formula is C31H33ClF3N3O4. The van der Waals surface area contributed by atoms with Crippen molar-refractivity contribution in [3.05, 3.63) is 94.8 Å². The molecule has 1 unspecified atom stereocenters. The maximum absolute atomic E-state index is 14.5. The third-order valence-corrected chi connectivity index (χ3v) is 7.48. The van der Waals surface area contributed by atoms with E-state index in [-0.39, 0.29) is 24.7 Å². The van der Waals surface area contributed by atoms with Crippen LogP contribution in [0.5, 0.6) is 5.75 Å². The molecular weight excluding hydrogens is 571 g/mol. The Bertz CT molecular complexity index is 1360. The number of rotatable bonds is 11. The molecule has 4 atom stereocenters. The average Bonchev–Trinajstić information content (AvgIpc) is 3.41. The smallest absolute Gasteiger partial charge is 0.316 e. The summed E-state index contributed by atoms with van der Waals surface area (Å²) in [5.74, 6) is -4.26. The van der Waals surface area contributed by atoms with Crippen molar-refractivity contribution in [2.75, 3.05) is 6.61 Å². The van der Waals surface area contributed by atoms with Crippen LogP contribution < -0.4 is 15.4 Å². The Labute approximate surface area is 247 Å². The van der Waals surface area contributed by atoms with Crippen molar-refractivity contribution in [3.63, 3.8) is 0 Å². The summed E-state index contributed by atoms with van der Waals surface area (Å²) < 4.78 is 51.4. The summed E-state index contributed by atoms with van der Waals surface area (Å²) in [6.45, 7) is 2.61. The Balaban J connectivity index is 1.78. The molecule has 1 aliphatic carbocycles. The van der Waals surface area contributed by atoms with Crippen LogP contribution in [-0.2, 0) is 21.5 Å². The highest BCUT2D eigenvalue weighted by Gasteiger charge is 2.42. The molecule has 42 heavy (non-hydrogen) atoms. The molecule has 1 saturated carbocycles. The van der Waals surface area contributed by atoms with E-state index in [0.29, 0.717) is 36.0 Å². The fraction of sp³-hybridized carbons (Fsp3) is 0.387. The molecule has 0 saturated heterocycles. The van der Waals surface area contributed by atoms with Gasteiger partial charge in [0.25, 0.3) is 0 Å². The van der Waals surface area contributed by atoms with Gasteiger partial charge in [0.2, 0.25) is 0 Å². The molecule has 0 spiro atoms. The monoisotopic (exact) mass is 603 g/mol. The van der Waals surface area contributed by atoms with E-state index >= 15 is 0 Å². The lowest BCUT2D eigenvalue weighted by atomic mass is 9.80. The van der Waals surface area contributed by atoms with Crippen molar-refractivity contribution in [2.24, 2.45) is 5.92 Å². The second-order valence-electron chi connectivity index (χ2n) is 10.3. The summed E-state index contributed by atoms with van der Waals surface area (Å²) in [5, 5.41) is 6.35. The normalized spacial score (nSPS) is 19.4. The lowest BCUT2D eigenvalue weighted by Gasteiger charge is -2.36. The van der Waals surface area contributed by atoms with Gasteiger partial charge in [-0.25, -0.2) is 13.6 Å². The first-order valence-corrected chi connectivity index (χ1v) is 14.1. The van der Waals surface area contributed by atoms with Crippen molar-refractivity contribution >= 4 is 23.6 Å². The Morgan fingerprint density at radius 3 is 2.52 bits per heavy atom. The summed E-state index contributed by atoms with van der Waals surface area (Å²) in [6, 6.07) is 17.4. The van der Waals surface area contributed by atoms with Crippen LogP contribution in [-0.4, -0.2) is 41.9 Å². The number of nitrogens with one attached hydrogen (secondary N) is 2. The molecule has 1 fully saturated rings. The number of nitrogens with zero attached hydrogens (tertiary/aromatic N) is 1. The molecule has 1 heterocycles. The van der Waals surface area contributed by atoms with Gasteiger partial charge >= 0.3 is 24.3 Å². The van der Waals surface area contributed by atoms with Gasteiger partial charge in [-0.1, -0.05) is 60.5 Å². The second-order valence-corrected chi connectivity index (χ2v) is 10.8. The largest absolute Gasteiger partial charge is 0.466 e. The maximum Gasteiger partial charge on any atom is 0.316 e. The first kappa shape index (κ1) is 31.2. The highest BCUT2D eigenvalue weighted by molar-refractivity contribution is 6.30. The molecule has 0 aliphatic heterocycles. The topological polar surface area (TPSA) is 89.5 Å². The van der Waals surface area contributed by atoms with E-state index in [1.807, 2.05) is 30.3 Å². The van der Waals surface area contributed by atoms with Crippen LogP contribution in [0.1, 0.15) is 49.9 Å². The molecule has 0 bridgehead atoms. The van der Waals surface area contributed by atoms with E-state index in [2.05, 4.69) is 15.6 Å². The Kier molecular flexibility index (Phi) is 9.98. The van der Waals surface area contributed by atoms with E-state index in [9.17, 15) is 22.8 Å². The number of hydrogen-bond donors (Lipinski definition) is 2. The molecule has 1 aliphatic rings. The maximum atomic E-state index is 14.5. The Hall–Kier alpha value is -3.79. The second kappa shape index (κ2) is 13.5. The van der Waals surface area contributed by atoms with E-state index in [1.54, 1.807) is 25.1 Å². The van der Waals surface area contributed by atoms with Gasteiger partial charge in [-0.3, -0.25) is 9.78 Å². The highest BCUT2D eigenvalue weighted by atomic mass is 35.5. The number of carbonyl (C=O) groups excluding carboxylic acids is 2. The van der Waals surface area contributed by atoms with Crippen LogP contribution in [0.4, 0.5) is 18.0 Å². The predicted molar refractivity (Wildman–Crippen MR) is 152 cm³/mol. The number of hydrogen-bond acceptors (Lipinski definition) is 5. The molecule has 2 N–H and O–H groups in total. The van der Waals surface area contributed by atoms with Crippen LogP contribution in [0.3, 0.4) is 0 Å². The highest BCUT2D eigenvalue weighted by Crippen LogP contribution is 2.36. The molecule has 1 aromatic heterocycles. The van der Waals surface area contributed by atoms with E-state index in [0.717, 1.165) is 12.0 Å². The fourth-order valence-corrected chi connectivity index (χ4v) is 5.33. The van der Waals surface area contributed by atoms with Crippen LogP contribution >= 0.6 is 11.6 Å². The SMILES string of the molecule is CCOC(=O)[C@H]1CCC[C@H]1NC(=O)N[C@](Cc1ccccc1)(c1cccc(OC(C)(F)C(F)F)c1)c1ccc(Cl)cn1. The molecule has 224 valence electrons. The number of halogens is 4. The standard InChI is InChI=1S/C31H33ClF3N3O4/c1-3-41-27(39)24-13-8-14-25(24)37-29(40)38-31(18-20-9-5-4-6-10-20,26-16-15-22(32)19-36-26)21-11-7-12-23(17-21)42-30(2,35)28(33)34/h4-7,9-12,15-17,19,24-25,28H,3,8,13-14,18H2,1-2H3,(H2,37,38,40)/t24-,25+,30?,31+/m0/s1. The first-order chi connectivity index (χ1) is 20.0. The number of alkyl halides is 3.